The maximum absolute atomic E-state index is 10.4. The number of aliphatic carboxylic acids is 1. The van der Waals surface area contributed by atoms with Crippen molar-refractivity contribution in [2.45, 2.75) is 77.2 Å². The molecule has 0 aliphatic heterocycles. The Morgan fingerprint density at radius 1 is 1.00 bits per heavy atom. The van der Waals surface area contributed by atoms with Crippen molar-refractivity contribution >= 4 is 35.5 Å². The Labute approximate surface area is 128 Å². The van der Waals surface area contributed by atoms with Gasteiger partial charge in [-0.2, -0.15) is 0 Å². The summed E-state index contributed by atoms with van der Waals surface area (Å²) >= 11 is 0. The van der Waals surface area contributed by atoms with E-state index >= 15 is 0 Å². The molecular formula is C13H28NNaO2. The van der Waals surface area contributed by atoms with Crippen molar-refractivity contribution in [3.8, 4) is 0 Å². The van der Waals surface area contributed by atoms with Crippen molar-refractivity contribution in [2.24, 2.45) is 5.73 Å². The molecule has 3 nitrogen and oxygen atoms in total. The van der Waals surface area contributed by atoms with E-state index in [0.29, 0.717) is 6.42 Å². The van der Waals surface area contributed by atoms with E-state index in [2.05, 4.69) is 6.92 Å². The van der Waals surface area contributed by atoms with Crippen LogP contribution in [0, 0.1) is 0 Å². The third-order valence-corrected chi connectivity index (χ3v) is 2.94. The first-order valence-corrected chi connectivity index (χ1v) is 6.67. The summed E-state index contributed by atoms with van der Waals surface area (Å²) in [5, 5.41) is 8.58. The SMILES string of the molecule is CCCCCCCCCCCC(N)C(=O)O.[NaH]. The number of carbonyl (C=O) groups is 1. The Bertz CT molecular complexity index is 177. The number of nitrogens with two attached hydrogens (primary N) is 1. The van der Waals surface area contributed by atoms with Crippen LogP contribution in [0.5, 0.6) is 0 Å². The molecule has 98 valence electrons. The second kappa shape index (κ2) is 14.5. The van der Waals surface area contributed by atoms with E-state index in [9.17, 15) is 4.79 Å². The summed E-state index contributed by atoms with van der Waals surface area (Å²) in [6.07, 6.45) is 11.9. The molecule has 1 unspecified atom stereocenters. The van der Waals surface area contributed by atoms with Crippen molar-refractivity contribution < 1.29 is 9.90 Å². The van der Waals surface area contributed by atoms with Crippen LogP contribution in [0.4, 0.5) is 0 Å². The molecule has 1 atom stereocenters. The van der Waals surface area contributed by atoms with Crippen LogP contribution in [-0.4, -0.2) is 46.7 Å². The maximum atomic E-state index is 10.4. The molecule has 0 aliphatic rings. The Balaban J connectivity index is 0. The molecule has 0 aromatic heterocycles. The zero-order valence-corrected chi connectivity index (χ0v) is 10.6. The van der Waals surface area contributed by atoms with Gasteiger partial charge in [0.1, 0.15) is 6.04 Å². The summed E-state index contributed by atoms with van der Waals surface area (Å²) in [4.78, 5) is 10.4. The van der Waals surface area contributed by atoms with Gasteiger partial charge in [-0.3, -0.25) is 4.79 Å². The van der Waals surface area contributed by atoms with Gasteiger partial charge in [0.25, 0.3) is 0 Å². The monoisotopic (exact) mass is 253 g/mol. The fourth-order valence-corrected chi connectivity index (χ4v) is 1.80. The molecule has 0 saturated heterocycles. The van der Waals surface area contributed by atoms with E-state index in [1.165, 1.54) is 44.9 Å². The molecule has 0 aromatic rings. The van der Waals surface area contributed by atoms with Gasteiger partial charge >= 0.3 is 35.5 Å². The average molecular weight is 253 g/mol. The number of carboxylic acids is 1. The Morgan fingerprint density at radius 3 is 1.82 bits per heavy atom. The molecule has 0 spiro atoms. The minimum absolute atomic E-state index is 0. The number of carboxylic acid groups (broad SMARTS) is 1. The van der Waals surface area contributed by atoms with Crippen LogP contribution in [0.25, 0.3) is 0 Å². The van der Waals surface area contributed by atoms with Crippen LogP contribution in [0.3, 0.4) is 0 Å². The number of rotatable bonds is 11. The van der Waals surface area contributed by atoms with Gasteiger partial charge in [0.15, 0.2) is 0 Å². The normalized spacial score (nSPS) is 11.9. The molecule has 0 amide bonds. The zero-order valence-electron chi connectivity index (χ0n) is 10.6. The van der Waals surface area contributed by atoms with Crippen molar-refractivity contribution in [2.75, 3.05) is 0 Å². The van der Waals surface area contributed by atoms with Crippen LogP contribution in [0.2, 0.25) is 0 Å². The van der Waals surface area contributed by atoms with Gasteiger partial charge < -0.3 is 10.8 Å². The second-order valence-corrected chi connectivity index (χ2v) is 4.56. The zero-order chi connectivity index (χ0) is 12.2. The third kappa shape index (κ3) is 14.4. The predicted molar refractivity (Wildman–Crippen MR) is 74.6 cm³/mol. The van der Waals surface area contributed by atoms with Crippen molar-refractivity contribution in [1.82, 2.24) is 0 Å². The quantitative estimate of drug-likeness (QED) is 0.439. The molecule has 0 aliphatic carbocycles. The van der Waals surface area contributed by atoms with Gasteiger partial charge in [-0.1, -0.05) is 64.7 Å². The van der Waals surface area contributed by atoms with Crippen LogP contribution in [0.1, 0.15) is 71.1 Å². The number of hydrogen-bond donors (Lipinski definition) is 2. The molecule has 0 rings (SSSR count). The Morgan fingerprint density at radius 2 is 1.41 bits per heavy atom. The second-order valence-electron chi connectivity index (χ2n) is 4.56. The van der Waals surface area contributed by atoms with Crippen LogP contribution in [-0.2, 0) is 4.79 Å². The van der Waals surface area contributed by atoms with Crippen molar-refractivity contribution in [1.29, 1.82) is 0 Å². The molecule has 0 heterocycles. The summed E-state index contributed by atoms with van der Waals surface area (Å²) in [6, 6.07) is -0.662. The fraction of sp³-hybridized carbons (Fsp3) is 0.923. The molecule has 3 N–H and O–H groups in total. The van der Waals surface area contributed by atoms with Gasteiger partial charge in [-0.15, -0.1) is 0 Å². The van der Waals surface area contributed by atoms with E-state index in [1.807, 2.05) is 0 Å². The average Bonchev–Trinajstić information content (AvgIpc) is 2.26. The molecular weight excluding hydrogens is 225 g/mol. The molecule has 17 heavy (non-hydrogen) atoms. The summed E-state index contributed by atoms with van der Waals surface area (Å²) < 4.78 is 0. The Kier molecular flexibility index (Phi) is 16.8. The van der Waals surface area contributed by atoms with Crippen molar-refractivity contribution in [3.63, 3.8) is 0 Å². The summed E-state index contributed by atoms with van der Waals surface area (Å²) in [7, 11) is 0. The molecule has 4 heteroatoms. The fourth-order valence-electron chi connectivity index (χ4n) is 1.80. The predicted octanol–water partition coefficient (Wildman–Crippen LogP) is 2.67. The third-order valence-electron chi connectivity index (χ3n) is 2.94. The number of unbranched alkanes of at least 4 members (excludes halogenated alkanes) is 8. The first-order valence-electron chi connectivity index (χ1n) is 6.67. The summed E-state index contributed by atoms with van der Waals surface area (Å²) in [5.74, 6) is -0.875. The van der Waals surface area contributed by atoms with E-state index in [0.717, 1.165) is 12.8 Å². The topological polar surface area (TPSA) is 63.3 Å². The van der Waals surface area contributed by atoms with Crippen LogP contribution < -0.4 is 5.73 Å². The van der Waals surface area contributed by atoms with Gasteiger partial charge in [0.05, 0.1) is 0 Å². The van der Waals surface area contributed by atoms with Crippen LogP contribution >= 0.6 is 0 Å². The molecule has 0 bridgehead atoms. The first-order chi connectivity index (χ1) is 7.68. The molecule has 0 fully saturated rings. The molecule has 0 saturated carbocycles. The van der Waals surface area contributed by atoms with E-state index in [-0.39, 0.29) is 29.6 Å². The Hall–Kier alpha value is 0.430. The first kappa shape index (κ1) is 19.8. The van der Waals surface area contributed by atoms with Gasteiger partial charge in [0.2, 0.25) is 0 Å². The number of hydrogen-bond acceptors (Lipinski definition) is 2. The van der Waals surface area contributed by atoms with Gasteiger partial charge in [0, 0.05) is 0 Å². The van der Waals surface area contributed by atoms with Gasteiger partial charge in [-0.25, -0.2) is 0 Å². The van der Waals surface area contributed by atoms with Crippen LogP contribution in [0.15, 0.2) is 0 Å². The van der Waals surface area contributed by atoms with Crippen molar-refractivity contribution in [3.05, 3.63) is 0 Å². The van der Waals surface area contributed by atoms with E-state index in [4.69, 9.17) is 10.8 Å². The summed E-state index contributed by atoms with van der Waals surface area (Å²) in [6.45, 7) is 2.23. The van der Waals surface area contributed by atoms with E-state index < -0.39 is 12.0 Å². The standard InChI is InChI=1S/C13H27NO2.Na.H/c1-2-3-4-5-6-7-8-9-10-11-12(14)13(15)16;;/h12H,2-11,14H2,1H3,(H,15,16);;. The minimum atomic E-state index is -0.875. The van der Waals surface area contributed by atoms with E-state index in [1.54, 1.807) is 0 Å². The van der Waals surface area contributed by atoms with Gasteiger partial charge in [-0.05, 0) is 6.42 Å². The summed E-state index contributed by atoms with van der Waals surface area (Å²) in [5.41, 5.74) is 5.41. The molecule has 0 radical (unpaired) electrons. The molecule has 0 aromatic carbocycles.